The first-order chi connectivity index (χ1) is 12.2. The minimum atomic E-state index is -0.494. The Bertz CT molecular complexity index is 859. The summed E-state index contributed by atoms with van der Waals surface area (Å²) in [6.07, 6.45) is 1.64. The molecule has 2 aromatic rings. The molecule has 1 saturated carbocycles. The van der Waals surface area contributed by atoms with Crippen LogP contribution in [0.1, 0.15) is 18.4 Å². The van der Waals surface area contributed by atoms with Crippen LogP contribution in [0.5, 0.6) is 23.0 Å². The van der Waals surface area contributed by atoms with Crippen molar-refractivity contribution in [2.45, 2.75) is 18.3 Å². The van der Waals surface area contributed by atoms with Crippen molar-refractivity contribution in [3.63, 3.8) is 0 Å². The number of benzene rings is 2. The quantitative estimate of drug-likeness (QED) is 0.931. The summed E-state index contributed by atoms with van der Waals surface area (Å²) in [7, 11) is 0. The largest absolute Gasteiger partial charge is 0.486 e. The van der Waals surface area contributed by atoms with Crippen LogP contribution in [0, 0.1) is 0 Å². The third-order valence-electron chi connectivity index (χ3n) is 4.91. The number of rotatable bonds is 3. The van der Waals surface area contributed by atoms with Crippen LogP contribution in [0.25, 0.3) is 0 Å². The molecule has 25 heavy (non-hydrogen) atoms. The fraction of sp³-hybridized carbons (Fsp3) is 0.316. The summed E-state index contributed by atoms with van der Waals surface area (Å²) in [5, 5.41) is 3.01. The molecule has 128 valence electrons. The third kappa shape index (κ3) is 2.36. The van der Waals surface area contributed by atoms with Gasteiger partial charge >= 0.3 is 0 Å². The predicted molar refractivity (Wildman–Crippen MR) is 89.5 cm³/mol. The third-order valence-corrected chi connectivity index (χ3v) is 4.91. The zero-order valence-electron chi connectivity index (χ0n) is 13.5. The van der Waals surface area contributed by atoms with Gasteiger partial charge in [-0.25, -0.2) is 0 Å². The summed E-state index contributed by atoms with van der Waals surface area (Å²) in [6.45, 7) is 1.31. The number of carbonyl (C=O) groups excluding carboxylic acids is 1. The van der Waals surface area contributed by atoms with Crippen molar-refractivity contribution in [3.8, 4) is 23.0 Å². The highest BCUT2D eigenvalue weighted by Crippen LogP contribution is 2.51. The van der Waals surface area contributed by atoms with E-state index in [1.165, 1.54) is 0 Å². The number of carbonyl (C=O) groups is 1. The van der Waals surface area contributed by atoms with E-state index in [0.717, 1.165) is 24.2 Å². The number of hydrogen-bond donors (Lipinski definition) is 1. The van der Waals surface area contributed by atoms with Gasteiger partial charge in [0.05, 0.1) is 5.41 Å². The van der Waals surface area contributed by atoms with Crippen molar-refractivity contribution < 1.29 is 23.7 Å². The van der Waals surface area contributed by atoms with Crippen LogP contribution in [-0.4, -0.2) is 25.9 Å². The molecule has 0 saturated heterocycles. The van der Waals surface area contributed by atoms with Crippen LogP contribution in [-0.2, 0) is 10.2 Å². The fourth-order valence-corrected chi connectivity index (χ4v) is 3.34. The van der Waals surface area contributed by atoms with Crippen LogP contribution in [0.15, 0.2) is 36.4 Å². The molecule has 2 aromatic carbocycles. The van der Waals surface area contributed by atoms with Crippen molar-refractivity contribution >= 4 is 11.6 Å². The molecule has 0 atom stereocenters. The Kier molecular flexibility index (Phi) is 3.07. The summed E-state index contributed by atoms with van der Waals surface area (Å²) in [5.74, 6) is 2.80. The minimum Gasteiger partial charge on any atom is -0.486 e. The molecule has 6 heteroatoms. The number of ether oxygens (including phenoxy) is 4. The SMILES string of the molecule is O=C(Nc1ccc2c(c1)OCO2)C1(c2ccc3c(c2)OCCO3)CC1. The van der Waals surface area contributed by atoms with Gasteiger partial charge in [-0.1, -0.05) is 6.07 Å². The number of nitrogens with one attached hydrogen (secondary N) is 1. The fourth-order valence-electron chi connectivity index (χ4n) is 3.34. The Morgan fingerprint density at radius 2 is 1.52 bits per heavy atom. The Balaban J connectivity index is 1.39. The first-order valence-corrected chi connectivity index (χ1v) is 8.36. The van der Waals surface area contributed by atoms with Crippen LogP contribution in [0.4, 0.5) is 5.69 Å². The highest BCUT2D eigenvalue weighted by atomic mass is 16.7. The molecule has 3 aliphatic rings. The van der Waals surface area contributed by atoms with E-state index in [0.29, 0.717) is 36.1 Å². The van der Waals surface area contributed by atoms with Crippen molar-refractivity contribution in [3.05, 3.63) is 42.0 Å². The molecular weight excluding hydrogens is 322 g/mol. The van der Waals surface area contributed by atoms with Gasteiger partial charge in [-0.2, -0.15) is 0 Å². The second kappa shape index (κ2) is 5.31. The molecule has 2 heterocycles. The molecule has 0 radical (unpaired) electrons. The maximum Gasteiger partial charge on any atom is 0.235 e. The van der Waals surface area contributed by atoms with Gasteiger partial charge < -0.3 is 24.3 Å². The van der Waals surface area contributed by atoms with Crippen molar-refractivity contribution in [2.24, 2.45) is 0 Å². The second-order valence-corrected chi connectivity index (χ2v) is 6.46. The van der Waals surface area contributed by atoms with E-state index in [-0.39, 0.29) is 12.7 Å². The van der Waals surface area contributed by atoms with E-state index in [4.69, 9.17) is 18.9 Å². The average Bonchev–Trinajstić information content (AvgIpc) is 3.33. The lowest BCUT2D eigenvalue weighted by molar-refractivity contribution is -0.118. The highest BCUT2D eigenvalue weighted by molar-refractivity contribution is 6.01. The van der Waals surface area contributed by atoms with Crippen LogP contribution >= 0.6 is 0 Å². The number of amides is 1. The minimum absolute atomic E-state index is 0.0111. The number of anilines is 1. The van der Waals surface area contributed by atoms with Crippen molar-refractivity contribution in [1.29, 1.82) is 0 Å². The topological polar surface area (TPSA) is 66.0 Å². The Hall–Kier alpha value is -2.89. The molecule has 2 aliphatic heterocycles. The van der Waals surface area contributed by atoms with E-state index in [9.17, 15) is 4.79 Å². The second-order valence-electron chi connectivity index (χ2n) is 6.46. The van der Waals surface area contributed by atoms with E-state index < -0.39 is 5.41 Å². The molecule has 5 rings (SSSR count). The van der Waals surface area contributed by atoms with Crippen molar-refractivity contribution in [1.82, 2.24) is 0 Å². The Morgan fingerprint density at radius 3 is 2.36 bits per heavy atom. The molecule has 1 fully saturated rings. The molecule has 0 bridgehead atoms. The first-order valence-electron chi connectivity index (χ1n) is 8.36. The average molecular weight is 339 g/mol. The molecule has 6 nitrogen and oxygen atoms in total. The monoisotopic (exact) mass is 339 g/mol. The normalized spacial score (nSPS) is 18.6. The summed E-state index contributed by atoms with van der Waals surface area (Å²) >= 11 is 0. The predicted octanol–water partition coefficient (Wildman–Crippen LogP) is 2.86. The van der Waals surface area contributed by atoms with Gasteiger partial charge in [-0.05, 0) is 42.7 Å². The molecular formula is C19H17NO5. The lowest BCUT2D eigenvalue weighted by atomic mass is 9.94. The zero-order chi connectivity index (χ0) is 16.9. The number of hydrogen-bond acceptors (Lipinski definition) is 5. The molecule has 0 aromatic heterocycles. The van der Waals surface area contributed by atoms with Gasteiger partial charge in [-0.15, -0.1) is 0 Å². The van der Waals surface area contributed by atoms with Gasteiger partial charge in [0.25, 0.3) is 0 Å². The van der Waals surface area contributed by atoms with E-state index in [2.05, 4.69) is 5.32 Å². The molecule has 0 unspecified atom stereocenters. The van der Waals surface area contributed by atoms with E-state index >= 15 is 0 Å². The maximum atomic E-state index is 12.9. The molecule has 1 amide bonds. The summed E-state index contributed by atoms with van der Waals surface area (Å²) < 4.78 is 21.9. The van der Waals surface area contributed by atoms with Crippen LogP contribution < -0.4 is 24.3 Å². The summed E-state index contributed by atoms with van der Waals surface area (Å²) in [5.41, 5.74) is 1.18. The smallest absolute Gasteiger partial charge is 0.235 e. The van der Waals surface area contributed by atoms with Gasteiger partial charge in [0, 0.05) is 11.8 Å². The lowest BCUT2D eigenvalue weighted by Gasteiger charge is -2.21. The highest BCUT2D eigenvalue weighted by Gasteiger charge is 2.51. The Labute approximate surface area is 144 Å². The standard InChI is InChI=1S/C19H17NO5/c21-18(20-13-2-4-15-17(10-13)25-11-24-15)19(5-6-19)12-1-3-14-16(9-12)23-8-7-22-14/h1-4,9-10H,5-8,11H2,(H,20,21). The van der Waals surface area contributed by atoms with Gasteiger partial charge in [0.2, 0.25) is 12.7 Å². The van der Waals surface area contributed by atoms with Crippen LogP contribution in [0.3, 0.4) is 0 Å². The molecule has 0 spiro atoms. The zero-order valence-corrected chi connectivity index (χ0v) is 13.5. The van der Waals surface area contributed by atoms with Gasteiger partial charge in [-0.3, -0.25) is 4.79 Å². The number of fused-ring (bicyclic) bond motifs is 2. The summed E-state index contributed by atoms with van der Waals surface area (Å²) in [6, 6.07) is 11.2. The maximum absolute atomic E-state index is 12.9. The lowest BCUT2D eigenvalue weighted by Crippen LogP contribution is -2.28. The summed E-state index contributed by atoms with van der Waals surface area (Å²) in [4.78, 5) is 12.9. The van der Waals surface area contributed by atoms with Gasteiger partial charge in [0.1, 0.15) is 13.2 Å². The van der Waals surface area contributed by atoms with E-state index in [1.807, 2.05) is 30.3 Å². The van der Waals surface area contributed by atoms with Crippen molar-refractivity contribution in [2.75, 3.05) is 25.3 Å². The van der Waals surface area contributed by atoms with Gasteiger partial charge in [0.15, 0.2) is 23.0 Å². The molecule has 1 N–H and O–H groups in total. The first kappa shape index (κ1) is 14.5. The molecule has 1 aliphatic carbocycles. The Morgan fingerprint density at radius 1 is 0.840 bits per heavy atom. The van der Waals surface area contributed by atoms with E-state index in [1.54, 1.807) is 6.07 Å². The van der Waals surface area contributed by atoms with Crippen LogP contribution in [0.2, 0.25) is 0 Å².